The van der Waals surface area contributed by atoms with Crippen LogP contribution < -0.4 is 0 Å². The summed E-state index contributed by atoms with van der Waals surface area (Å²) in [7, 11) is 1.73. The molecule has 2 fully saturated rings. The summed E-state index contributed by atoms with van der Waals surface area (Å²) in [5.41, 5.74) is 0. The van der Waals surface area contributed by atoms with E-state index in [4.69, 9.17) is 14.2 Å². The lowest BCUT2D eigenvalue weighted by molar-refractivity contribution is -0.130. The minimum absolute atomic E-state index is 0.0933. The van der Waals surface area contributed by atoms with Crippen LogP contribution in [0, 0.1) is 0 Å². The van der Waals surface area contributed by atoms with Gasteiger partial charge in [0.1, 0.15) is 0 Å². The van der Waals surface area contributed by atoms with Gasteiger partial charge in [-0.3, -0.25) is 4.90 Å². The van der Waals surface area contributed by atoms with Crippen LogP contribution in [0.5, 0.6) is 0 Å². The minimum atomic E-state index is -2.62. The third-order valence-electron chi connectivity index (χ3n) is 4.79. The number of piperidine rings is 1. The molecule has 0 N–H and O–H groups in total. The molecule has 23 heavy (non-hydrogen) atoms. The molecule has 1 saturated heterocycles. The van der Waals surface area contributed by atoms with E-state index < -0.39 is 5.92 Å². The summed E-state index contributed by atoms with van der Waals surface area (Å²) in [6, 6.07) is 0. The van der Waals surface area contributed by atoms with Gasteiger partial charge in [0.25, 0.3) is 5.92 Å². The molecule has 1 aliphatic heterocycles. The lowest BCUT2D eigenvalue weighted by Gasteiger charge is -2.40. The summed E-state index contributed by atoms with van der Waals surface area (Å²) in [6.07, 6.45) is 4.83. The molecule has 1 heterocycles. The third-order valence-corrected chi connectivity index (χ3v) is 4.79. The summed E-state index contributed by atoms with van der Waals surface area (Å²) >= 11 is 0. The fourth-order valence-corrected chi connectivity index (χ4v) is 3.28. The Morgan fingerprint density at radius 1 is 1.09 bits per heavy atom. The number of nitrogens with zero attached hydrogens (tertiary/aromatic N) is 1. The van der Waals surface area contributed by atoms with Crippen LogP contribution in [0.25, 0.3) is 0 Å². The van der Waals surface area contributed by atoms with Crippen molar-refractivity contribution in [2.75, 3.05) is 40.0 Å². The molecule has 6 heteroatoms. The molecular weight excluding hydrogens is 304 g/mol. The Balaban J connectivity index is 1.58. The van der Waals surface area contributed by atoms with Gasteiger partial charge in [0.2, 0.25) is 0 Å². The highest BCUT2D eigenvalue weighted by Gasteiger charge is 2.35. The average Bonchev–Trinajstić information content (AvgIpc) is 2.48. The maximum Gasteiger partial charge on any atom is 0.260 e. The van der Waals surface area contributed by atoms with Gasteiger partial charge in [0.15, 0.2) is 0 Å². The first-order chi connectivity index (χ1) is 11.0. The second kappa shape index (κ2) is 9.25. The molecule has 2 rings (SSSR count). The van der Waals surface area contributed by atoms with Crippen molar-refractivity contribution in [3.63, 3.8) is 0 Å². The number of rotatable bonds is 10. The summed E-state index contributed by atoms with van der Waals surface area (Å²) in [6.45, 7) is 4.15. The van der Waals surface area contributed by atoms with Crippen molar-refractivity contribution in [3.8, 4) is 0 Å². The van der Waals surface area contributed by atoms with E-state index in [-0.39, 0.29) is 19.1 Å². The quantitative estimate of drug-likeness (QED) is 0.574. The normalized spacial score (nSPS) is 27.1. The van der Waals surface area contributed by atoms with Crippen LogP contribution in [0.1, 0.15) is 45.4 Å². The molecule has 0 amide bonds. The minimum Gasteiger partial charge on any atom is -0.382 e. The molecule has 0 spiro atoms. The Morgan fingerprint density at radius 2 is 1.78 bits per heavy atom. The number of methoxy groups -OCH3 is 1. The van der Waals surface area contributed by atoms with Gasteiger partial charge in [0, 0.05) is 39.8 Å². The van der Waals surface area contributed by atoms with E-state index in [1.54, 1.807) is 7.11 Å². The van der Waals surface area contributed by atoms with Crippen molar-refractivity contribution in [3.05, 3.63) is 0 Å². The predicted octanol–water partition coefficient (Wildman–Crippen LogP) is 3.10. The highest BCUT2D eigenvalue weighted by Crippen LogP contribution is 2.30. The third kappa shape index (κ3) is 6.61. The number of likely N-dealkylation sites (tertiary alicyclic amines) is 1. The molecule has 0 aromatic carbocycles. The number of halogens is 2. The first-order valence-electron chi connectivity index (χ1n) is 8.88. The van der Waals surface area contributed by atoms with Gasteiger partial charge in [-0.1, -0.05) is 0 Å². The molecule has 136 valence electrons. The van der Waals surface area contributed by atoms with Crippen molar-refractivity contribution >= 4 is 0 Å². The summed E-state index contributed by atoms with van der Waals surface area (Å²) in [5.74, 6) is -2.62. The lowest BCUT2D eigenvalue weighted by Crippen LogP contribution is -2.46. The van der Waals surface area contributed by atoms with Crippen molar-refractivity contribution in [1.29, 1.82) is 0 Å². The van der Waals surface area contributed by atoms with Crippen LogP contribution in [0.15, 0.2) is 0 Å². The summed E-state index contributed by atoms with van der Waals surface area (Å²) in [4.78, 5) is 1.87. The molecular formula is C17H31F2NO3. The molecule has 0 aromatic rings. The Hall–Kier alpha value is -0.300. The van der Waals surface area contributed by atoms with Crippen LogP contribution in [-0.4, -0.2) is 69.1 Å². The van der Waals surface area contributed by atoms with Crippen molar-refractivity contribution in [2.45, 2.75) is 69.7 Å². The van der Waals surface area contributed by atoms with Crippen LogP contribution in [0.4, 0.5) is 8.78 Å². The summed E-state index contributed by atoms with van der Waals surface area (Å²) in [5, 5.41) is 0. The number of hydrogen-bond donors (Lipinski definition) is 0. The molecule has 1 saturated carbocycles. The van der Waals surface area contributed by atoms with Gasteiger partial charge in [-0.25, -0.2) is 8.78 Å². The fourth-order valence-electron chi connectivity index (χ4n) is 3.28. The zero-order valence-corrected chi connectivity index (χ0v) is 14.4. The largest absolute Gasteiger partial charge is 0.382 e. The molecule has 0 radical (unpaired) electrons. The molecule has 2 aliphatic rings. The molecule has 1 aliphatic carbocycles. The van der Waals surface area contributed by atoms with Crippen LogP contribution in [0.3, 0.4) is 0 Å². The first-order valence-corrected chi connectivity index (χ1v) is 8.88. The number of alkyl halides is 2. The lowest BCUT2D eigenvalue weighted by atomic mass is 9.91. The second-order valence-corrected chi connectivity index (χ2v) is 6.72. The van der Waals surface area contributed by atoms with E-state index in [0.29, 0.717) is 44.9 Å². The molecule has 0 aromatic heterocycles. The van der Waals surface area contributed by atoms with E-state index in [0.717, 1.165) is 25.7 Å². The standard InChI is InChI=1S/C17H31F2NO3/c1-3-22-10-4-7-17(18,19)13-20-8-5-14(6-9-20)23-16-11-15(12-16)21-2/h14-16H,3-13H2,1-2H3. The van der Waals surface area contributed by atoms with Crippen molar-refractivity contribution in [1.82, 2.24) is 4.90 Å². The zero-order valence-electron chi connectivity index (χ0n) is 14.4. The fraction of sp³-hybridized carbons (Fsp3) is 1.00. The van der Waals surface area contributed by atoms with Crippen LogP contribution in [0.2, 0.25) is 0 Å². The average molecular weight is 335 g/mol. The topological polar surface area (TPSA) is 30.9 Å². The maximum atomic E-state index is 13.9. The smallest absolute Gasteiger partial charge is 0.260 e. The highest BCUT2D eigenvalue weighted by molar-refractivity contribution is 4.84. The molecule has 0 atom stereocenters. The van der Waals surface area contributed by atoms with E-state index in [1.165, 1.54) is 0 Å². The molecule has 0 bridgehead atoms. The van der Waals surface area contributed by atoms with Gasteiger partial charge in [-0.15, -0.1) is 0 Å². The first kappa shape index (κ1) is 19.0. The zero-order chi connectivity index (χ0) is 16.7. The number of ether oxygens (including phenoxy) is 3. The maximum absolute atomic E-state index is 13.9. The van der Waals surface area contributed by atoms with Gasteiger partial charge < -0.3 is 14.2 Å². The monoisotopic (exact) mass is 335 g/mol. The second-order valence-electron chi connectivity index (χ2n) is 6.72. The SMILES string of the molecule is CCOCCCC(F)(F)CN1CCC(OC2CC(OC)C2)CC1. The molecule has 0 unspecified atom stereocenters. The van der Waals surface area contributed by atoms with Gasteiger partial charge in [-0.2, -0.15) is 0 Å². The Kier molecular flexibility index (Phi) is 7.66. The summed E-state index contributed by atoms with van der Waals surface area (Å²) < 4.78 is 44.3. The number of hydrogen-bond acceptors (Lipinski definition) is 4. The van der Waals surface area contributed by atoms with Gasteiger partial charge >= 0.3 is 0 Å². The Morgan fingerprint density at radius 3 is 2.39 bits per heavy atom. The predicted molar refractivity (Wildman–Crippen MR) is 85.0 cm³/mol. The van der Waals surface area contributed by atoms with Gasteiger partial charge in [-0.05, 0) is 39.0 Å². The van der Waals surface area contributed by atoms with Crippen LogP contribution in [-0.2, 0) is 14.2 Å². The van der Waals surface area contributed by atoms with E-state index in [2.05, 4.69) is 0 Å². The Bertz CT molecular complexity index is 330. The molecule has 4 nitrogen and oxygen atoms in total. The van der Waals surface area contributed by atoms with E-state index in [9.17, 15) is 8.78 Å². The van der Waals surface area contributed by atoms with Crippen molar-refractivity contribution < 1.29 is 23.0 Å². The van der Waals surface area contributed by atoms with Gasteiger partial charge in [0.05, 0.1) is 24.9 Å². The van der Waals surface area contributed by atoms with Crippen molar-refractivity contribution in [2.24, 2.45) is 0 Å². The highest BCUT2D eigenvalue weighted by atomic mass is 19.3. The van der Waals surface area contributed by atoms with E-state index in [1.807, 2.05) is 11.8 Å². The Labute approximate surface area is 138 Å². The van der Waals surface area contributed by atoms with Crippen LogP contribution >= 0.6 is 0 Å². The van der Waals surface area contributed by atoms with E-state index >= 15 is 0 Å².